The summed E-state index contributed by atoms with van der Waals surface area (Å²) >= 11 is 0. The molecule has 1 rings (SSSR count). The Morgan fingerprint density at radius 2 is 1.92 bits per heavy atom. The molecule has 0 N–H and O–H groups in total. The van der Waals surface area contributed by atoms with Gasteiger partial charge in [0, 0.05) is 0 Å². The van der Waals surface area contributed by atoms with Gasteiger partial charge in [0.15, 0.2) is 0 Å². The van der Waals surface area contributed by atoms with E-state index in [0.717, 1.165) is 17.8 Å². The average molecular weight is 178 g/mol. The first-order valence-corrected chi connectivity index (χ1v) is 5.70. The van der Waals surface area contributed by atoms with E-state index < -0.39 is 0 Å². The van der Waals surface area contributed by atoms with Crippen molar-refractivity contribution in [3.05, 3.63) is 12.2 Å². The van der Waals surface area contributed by atoms with Crippen molar-refractivity contribution < 1.29 is 0 Å². The van der Waals surface area contributed by atoms with Gasteiger partial charge in [0.2, 0.25) is 0 Å². The molecule has 0 aromatic heterocycles. The van der Waals surface area contributed by atoms with Crippen molar-refractivity contribution in [1.82, 2.24) is 0 Å². The summed E-state index contributed by atoms with van der Waals surface area (Å²) in [5, 5.41) is 0. The molecule has 4 unspecified atom stereocenters. The number of allylic oxidation sites excluding steroid dienone is 2. The highest BCUT2D eigenvalue weighted by molar-refractivity contribution is 6.08. The van der Waals surface area contributed by atoms with Crippen molar-refractivity contribution >= 4 is 7.85 Å². The highest BCUT2D eigenvalue weighted by Gasteiger charge is 2.35. The average Bonchev–Trinajstić information content (AvgIpc) is 2.10. The summed E-state index contributed by atoms with van der Waals surface area (Å²) in [5.74, 6) is 2.42. The van der Waals surface area contributed by atoms with Crippen molar-refractivity contribution in [3.8, 4) is 0 Å². The van der Waals surface area contributed by atoms with Crippen LogP contribution in [0.15, 0.2) is 12.2 Å². The summed E-state index contributed by atoms with van der Waals surface area (Å²) in [6, 6.07) is 0. The molecule has 0 radical (unpaired) electrons. The molecule has 0 spiro atoms. The maximum atomic E-state index is 2.46. The van der Waals surface area contributed by atoms with Gasteiger partial charge in [-0.25, -0.2) is 0 Å². The van der Waals surface area contributed by atoms with Gasteiger partial charge in [-0.05, 0) is 23.2 Å². The van der Waals surface area contributed by atoms with Gasteiger partial charge in [-0.2, -0.15) is 0 Å². The lowest BCUT2D eigenvalue weighted by atomic mass is 9.62. The lowest BCUT2D eigenvalue weighted by molar-refractivity contribution is 0.148. The fourth-order valence-electron chi connectivity index (χ4n) is 2.60. The molecule has 0 heterocycles. The van der Waals surface area contributed by atoms with E-state index in [1.54, 1.807) is 0 Å². The first-order chi connectivity index (χ1) is 6.01. The highest BCUT2D eigenvalue weighted by atomic mass is 14.4. The van der Waals surface area contributed by atoms with Crippen molar-refractivity contribution in [1.29, 1.82) is 0 Å². The van der Waals surface area contributed by atoms with Gasteiger partial charge in [0.25, 0.3) is 0 Å². The number of hydrogen-bond donors (Lipinski definition) is 0. The molecule has 1 heteroatoms. The monoisotopic (exact) mass is 178 g/mol. The quantitative estimate of drug-likeness (QED) is 0.450. The molecule has 0 nitrogen and oxygen atoms in total. The minimum atomic E-state index is 0.459. The predicted octanol–water partition coefficient (Wildman–Crippen LogP) is 2.91. The van der Waals surface area contributed by atoms with Gasteiger partial charge in [-0.15, -0.1) is 0 Å². The first-order valence-electron chi connectivity index (χ1n) is 5.70. The fourth-order valence-corrected chi connectivity index (χ4v) is 2.60. The summed E-state index contributed by atoms with van der Waals surface area (Å²) in [6.07, 6.45) is 7.51. The molecule has 0 saturated carbocycles. The largest absolute Gasteiger partial charge is 0.101 e. The first kappa shape index (κ1) is 10.9. The SMILES string of the molecule is BCCC1(C)C=CC(C)C(C)C1C. The molecular weight excluding hydrogens is 155 g/mol. The van der Waals surface area contributed by atoms with Crippen LogP contribution in [0.5, 0.6) is 0 Å². The topological polar surface area (TPSA) is 0 Å². The Kier molecular flexibility index (Phi) is 3.26. The Balaban J connectivity index is 2.82. The molecule has 4 atom stereocenters. The van der Waals surface area contributed by atoms with Crippen molar-refractivity contribution in [2.75, 3.05) is 0 Å². The maximum Gasteiger partial charge on any atom is 0.101 e. The van der Waals surface area contributed by atoms with Gasteiger partial charge < -0.3 is 0 Å². The molecule has 0 saturated heterocycles. The Labute approximate surface area is 84.2 Å². The van der Waals surface area contributed by atoms with Crippen LogP contribution < -0.4 is 0 Å². The zero-order valence-corrected chi connectivity index (χ0v) is 9.80. The van der Waals surface area contributed by atoms with E-state index in [-0.39, 0.29) is 0 Å². The zero-order valence-electron chi connectivity index (χ0n) is 9.80. The lowest BCUT2D eigenvalue weighted by Gasteiger charge is -2.42. The molecule has 1 aliphatic rings. The van der Waals surface area contributed by atoms with Crippen molar-refractivity contribution in [3.63, 3.8) is 0 Å². The van der Waals surface area contributed by atoms with Gasteiger partial charge in [-0.3, -0.25) is 0 Å². The van der Waals surface area contributed by atoms with E-state index in [0.29, 0.717) is 5.41 Å². The molecular formula is C12H23B. The second kappa shape index (κ2) is 3.90. The third-order valence-corrected chi connectivity index (χ3v) is 4.23. The van der Waals surface area contributed by atoms with Crippen LogP contribution in [-0.4, -0.2) is 7.85 Å². The van der Waals surface area contributed by atoms with Gasteiger partial charge in [-0.1, -0.05) is 52.6 Å². The maximum absolute atomic E-state index is 2.46. The van der Waals surface area contributed by atoms with Crippen LogP contribution in [0.2, 0.25) is 6.32 Å². The molecule has 0 amide bonds. The molecule has 0 fully saturated rings. The van der Waals surface area contributed by atoms with Gasteiger partial charge >= 0.3 is 0 Å². The second-order valence-corrected chi connectivity index (χ2v) is 5.12. The smallest absolute Gasteiger partial charge is 0.0849 e. The Bertz CT molecular complexity index is 197. The van der Waals surface area contributed by atoms with Crippen LogP contribution in [0.1, 0.15) is 34.1 Å². The summed E-state index contributed by atoms with van der Waals surface area (Å²) in [7, 11) is 2.29. The van der Waals surface area contributed by atoms with E-state index in [1.807, 2.05) is 0 Å². The third-order valence-electron chi connectivity index (χ3n) is 4.23. The minimum Gasteiger partial charge on any atom is -0.0849 e. The van der Waals surface area contributed by atoms with Crippen molar-refractivity contribution in [2.24, 2.45) is 23.2 Å². The van der Waals surface area contributed by atoms with E-state index >= 15 is 0 Å². The third kappa shape index (κ3) is 2.00. The molecule has 0 aromatic rings. The summed E-state index contributed by atoms with van der Waals surface area (Å²) in [6.45, 7) is 9.57. The molecule has 0 bridgehead atoms. The molecule has 74 valence electrons. The lowest BCUT2D eigenvalue weighted by Crippen LogP contribution is -2.34. The van der Waals surface area contributed by atoms with Crippen LogP contribution in [0.4, 0.5) is 0 Å². The summed E-state index contributed by atoms with van der Waals surface area (Å²) < 4.78 is 0. The fraction of sp³-hybridized carbons (Fsp3) is 0.833. The molecule has 0 aromatic carbocycles. The van der Waals surface area contributed by atoms with Crippen LogP contribution >= 0.6 is 0 Å². The second-order valence-electron chi connectivity index (χ2n) is 5.12. The number of hydrogen-bond acceptors (Lipinski definition) is 0. The van der Waals surface area contributed by atoms with Gasteiger partial charge in [0.1, 0.15) is 7.85 Å². The van der Waals surface area contributed by atoms with Crippen LogP contribution in [0.3, 0.4) is 0 Å². The van der Waals surface area contributed by atoms with Gasteiger partial charge in [0.05, 0.1) is 0 Å². The Hall–Kier alpha value is -0.195. The molecule has 0 aliphatic heterocycles. The van der Waals surface area contributed by atoms with E-state index in [1.165, 1.54) is 12.7 Å². The van der Waals surface area contributed by atoms with Crippen LogP contribution in [0, 0.1) is 23.2 Å². The predicted molar refractivity (Wildman–Crippen MR) is 62.7 cm³/mol. The van der Waals surface area contributed by atoms with E-state index in [2.05, 4.69) is 47.7 Å². The Morgan fingerprint density at radius 3 is 2.46 bits per heavy atom. The summed E-state index contributed by atoms with van der Waals surface area (Å²) in [4.78, 5) is 0. The van der Waals surface area contributed by atoms with Crippen LogP contribution in [-0.2, 0) is 0 Å². The number of rotatable bonds is 2. The normalized spacial score (nSPS) is 45.1. The van der Waals surface area contributed by atoms with E-state index in [9.17, 15) is 0 Å². The van der Waals surface area contributed by atoms with Crippen LogP contribution in [0.25, 0.3) is 0 Å². The zero-order chi connectivity index (χ0) is 10.1. The van der Waals surface area contributed by atoms with Crippen molar-refractivity contribution in [2.45, 2.75) is 40.4 Å². The standard InChI is InChI=1S/C12H23B/c1-9-5-6-12(4,7-8-13)11(3)10(9)2/h5-6,9-11H,7-8,13H2,1-4H3. The minimum absolute atomic E-state index is 0.459. The highest BCUT2D eigenvalue weighted by Crippen LogP contribution is 2.44. The molecule has 1 aliphatic carbocycles. The Morgan fingerprint density at radius 1 is 1.31 bits per heavy atom. The molecule has 13 heavy (non-hydrogen) atoms. The summed E-state index contributed by atoms with van der Waals surface area (Å²) in [5.41, 5.74) is 0.459. The van der Waals surface area contributed by atoms with E-state index in [4.69, 9.17) is 0 Å².